The maximum absolute atomic E-state index is 11.8. The number of ether oxygens (including phenoxy) is 1. The van der Waals surface area contributed by atoms with Crippen LogP contribution in [0.4, 0.5) is 0 Å². The van der Waals surface area contributed by atoms with Gasteiger partial charge in [-0.1, -0.05) is 6.58 Å². The molecule has 0 bridgehead atoms. The van der Waals surface area contributed by atoms with Crippen molar-refractivity contribution < 1.29 is 9.53 Å². The van der Waals surface area contributed by atoms with E-state index in [0.29, 0.717) is 12.4 Å². The van der Waals surface area contributed by atoms with Crippen LogP contribution in [0.1, 0.15) is 27.7 Å². The number of rotatable bonds is 4. The van der Waals surface area contributed by atoms with Crippen LogP contribution in [0.2, 0.25) is 0 Å². The fraction of sp³-hybridized carbons (Fsp3) is 0.417. The normalized spacial score (nSPS) is 10.0. The minimum absolute atomic E-state index is 0.0260. The highest BCUT2D eigenvalue weighted by Crippen LogP contribution is 2.28. The van der Waals surface area contributed by atoms with E-state index in [1.54, 1.807) is 19.0 Å². The number of carbonyl (C=O) groups is 1. The predicted octanol–water partition coefficient (Wildman–Crippen LogP) is 2.77. The van der Waals surface area contributed by atoms with Crippen molar-refractivity contribution in [1.29, 1.82) is 0 Å². The Morgan fingerprint density at radius 2 is 2.19 bits per heavy atom. The molecule has 0 aromatic carbocycles. The highest BCUT2D eigenvalue weighted by atomic mass is 32.1. The molecule has 16 heavy (non-hydrogen) atoms. The minimum atomic E-state index is 0.0260. The van der Waals surface area contributed by atoms with Gasteiger partial charge in [0.2, 0.25) is 0 Å². The van der Waals surface area contributed by atoms with Gasteiger partial charge in [0, 0.05) is 25.0 Å². The van der Waals surface area contributed by atoms with E-state index in [0.717, 1.165) is 16.0 Å². The van der Waals surface area contributed by atoms with Gasteiger partial charge in [-0.2, -0.15) is 0 Å². The first-order valence-electron chi connectivity index (χ1n) is 5.10. The van der Waals surface area contributed by atoms with Gasteiger partial charge in [-0.15, -0.1) is 11.3 Å². The molecule has 4 heteroatoms. The second-order valence-corrected chi connectivity index (χ2v) is 4.54. The second-order valence-electron chi connectivity index (χ2n) is 3.66. The Labute approximate surface area is 100 Å². The second kappa shape index (κ2) is 5.16. The molecule has 0 fully saturated rings. The van der Waals surface area contributed by atoms with E-state index < -0.39 is 0 Å². The summed E-state index contributed by atoms with van der Waals surface area (Å²) in [5.74, 6) is 0.659. The van der Waals surface area contributed by atoms with E-state index in [4.69, 9.17) is 4.74 Å². The van der Waals surface area contributed by atoms with Crippen molar-refractivity contribution >= 4 is 23.0 Å². The Morgan fingerprint density at radius 3 is 2.69 bits per heavy atom. The lowest BCUT2D eigenvalue weighted by molar-refractivity contribution is 0.0831. The molecule has 1 amide bonds. The zero-order chi connectivity index (χ0) is 12.3. The molecule has 1 heterocycles. The number of nitrogens with zero attached hydrogens (tertiary/aromatic N) is 1. The summed E-state index contributed by atoms with van der Waals surface area (Å²) in [6, 6.07) is 0. The summed E-state index contributed by atoms with van der Waals surface area (Å²) in [7, 11) is 3.50. The minimum Gasteiger partial charge on any atom is -0.494 e. The van der Waals surface area contributed by atoms with Crippen molar-refractivity contribution in [1.82, 2.24) is 4.90 Å². The van der Waals surface area contributed by atoms with Crippen LogP contribution in [0, 0.1) is 6.92 Å². The number of amides is 1. The molecule has 0 saturated heterocycles. The van der Waals surface area contributed by atoms with Gasteiger partial charge in [0.25, 0.3) is 5.91 Å². The van der Waals surface area contributed by atoms with Gasteiger partial charge in [0.1, 0.15) is 5.76 Å². The lowest BCUT2D eigenvalue weighted by Gasteiger charge is -2.10. The molecule has 0 aliphatic heterocycles. The Balaban J connectivity index is 3.01. The van der Waals surface area contributed by atoms with E-state index in [1.165, 1.54) is 11.3 Å². The van der Waals surface area contributed by atoms with E-state index in [9.17, 15) is 4.79 Å². The van der Waals surface area contributed by atoms with Crippen molar-refractivity contribution in [3.63, 3.8) is 0 Å². The van der Waals surface area contributed by atoms with Gasteiger partial charge >= 0.3 is 0 Å². The highest BCUT2D eigenvalue weighted by molar-refractivity contribution is 7.12. The van der Waals surface area contributed by atoms with Crippen molar-refractivity contribution in [2.24, 2.45) is 0 Å². The zero-order valence-corrected chi connectivity index (χ0v) is 11.0. The third-order valence-electron chi connectivity index (χ3n) is 2.26. The average Bonchev–Trinajstić information content (AvgIpc) is 2.59. The molecule has 0 N–H and O–H groups in total. The summed E-state index contributed by atoms with van der Waals surface area (Å²) in [5.41, 5.74) is 1.87. The molecule has 1 rings (SSSR count). The molecule has 0 aliphatic carbocycles. The molecule has 0 saturated carbocycles. The largest absolute Gasteiger partial charge is 0.494 e. The number of thiophene rings is 1. The van der Waals surface area contributed by atoms with Gasteiger partial charge in [0.05, 0.1) is 11.5 Å². The maximum Gasteiger partial charge on any atom is 0.263 e. The topological polar surface area (TPSA) is 29.5 Å². The molecule has 3 nitrogen and oxygen atoms in total. The first-order valence-corrected chi connectivity index (χ1v) is 5.98. The van der Waals surface area contributed by atoms with Gasteiger partial charge in [-0.25, -0.2) is 0 Å². The Kier molecular flexibility index (Phi) is 4.12. The van der Waals surface area contributed by atoms with Gasteiger partial charge in [-0.3, -0.25) is 4.79 Å². The molecule has 0 radical (unpaired) electrons. The molecule has 88 valence electrons. The average molecular weight is 239 g/mol. The van der Waals surface area contributed by atoms with Gasteiger partial charge in [-0.05, 0) is 19.4 Å². The van der Waals surface area contributed by atoms with E-state index in [1.807, 2.05) is 19.2 Å². The van der Waals surface area contributed by atoms with Crippen LogP contribution in [-0.2, 0) is 4.74 Å². The predicted molar refractivity (Wildman–Crippen MR) is 67.7 cm³/mol. The van der Waals surface area contributed by atoms with Crippen LogP contribution in [0.25, 0.3) is 5.76 Å². The molecule has 0 atom stereocenters. The lowest BCUT2D eigenvalue weighted by Crippen LogP contribution is -2.21. The molecular formula is C12H17NO2S. The SMILES string of the molecule is C=C(OCC)c1csc(C(=O)N(C)C)c1C. The molecule has 1 aromatic heterocycles. The van der Waals surface area contributed by atoms with Crippen LogP contribution >= 0.6 is 11.3 Å². The van der Waals surface area contributed by atoms with E-state index in [2.05, 4.69) is 6.58 Å². The monoisotopic (exact) mass is 239 g/mol. The summed E-state index contributed by atoms with van der Waals surface area (Å²) in [6.07, 6.45) is 0. The standard InChI is InChI=1S/C12H17NO2S/c1-6-15-9(3)10-7-16-11(8(10)2)12(14)13(4)5/h7H,3,6H2,1-2,4-5H3. The number of carbonyl (C=O) groups excluding carboxylic acids is 1. The molecule has 1 aromatic rings. The number of hydrogen-bond acceptors (Lipinski definition) is 3. The van der Waals surface area contributed by atoms with Crippen LogP contribution in [0.15, 0.2) is 12.0 Å². The Morgan fingerprint density at radius 1 is 1.56 bits per heavy atom. The maximum atomic E-state index is 11.8. The third-order valence-corrected chi connectivity index (χ3v) is 3.33. The lowest BCUT2D eigenvalue weighted by atomic mass is 10.1. The smallest absolute Gasteiger partial charge is 0.263 e. The molecule has 0 aliphatic rings. The molecular weight excluding hydrogens is 222 g/mol. The zero-order valence-electron chi connectivity index (χ0n) is 10.2. The number of hydrogen-bond donors (Lipinski definition) is 0. The van der Waals surface area contributed by atoms with Crippen molar-refractivity contribution in [2.45, 2.75) is 13.8 Å². The quantitative estimate of drug-likeness (QED) is 0.756. The van der Waals surface area contributed by atoms with Crippen LogP contribution in [0.3, 0.4) is 0 Å². The van der Waals surface area contributed by atoms with Gasteiger partial charge in [0.15, 0.2) is 0 Å². The summed E-state index contributed by atoms with van der Waals surface area (Å²) in [5, 5.41) is 1.92. The molecule has 0 spiro atoms. The van der Waals surface area contributed by atoms with Crippen LogP contribution < -0.4 is 0 Å². The fourth-order valence-corrected chi connectivity index (χ4v) is 2.47. The van der Waals surface area contributed by atoms with E-state index >= 15 is 0 Å². The summed E-state index contributed by atoms with van der Waals surface area (Å²) < 4.78 is 5.35. The summed E-state index contributed by atoms with van der Waals surface area (Å²) >= 11 is 1.43. The van der Waals surface area contributed by atoms with Crippen molar-refractivity contribution in [3.05, 3.63) is 28.0 Å². The van der Waals surface area contributed by atoms with Crippen molar-refractivity contribution in [3.8, 4) is 0 Å². The molecule has 0 unspecified atom stereocenters. The van der Waals surface area contributed by atoms with Gasteiger partial charge < -0.3 is 9.64 Å². The Hall–Kier alpha value is -1.29. The van der Waals surface area contributed by atoms with Crippen LogP contribution in [-0.4, -0.2) is 31.5 Å². The van der Waals surface area contributed by atoms with Crippen LogP contribution in [0.5, 0.6) is 0 Å². The Bertz CT molecular complexity index is 407. The first-order chi connectivity index (χ1) is 7.49. The first kappa shape index (κ1) is 12.8. The van der Waals surface area contributed by atoms with Crippen molar-refractivity contribution in [2.75, 3.05) is 20.7 Å². The van der Waals surface area contributed by atoms with E-state index in [-0.39, 0.29) is 5.91 Å². The highest BCUT2D eigenvalue weighted by Gasteiger charge is 2.17. The summed E-state index contributed by atoms with van der Waals surface area (Å²) in [4.78, 5) is 14.2. The summed E-state index contributed by atoms with van der Waals surface area (Å²) in [6.45, 7) is 8.28. The third kappa shape index (κ3) is 2.44. The fourth-order valence-electron chi connectivity index (χ4n) is 1.36.